The number of nitro benzene ring substituents is 1. The summed E-state index contributed by atoms with van der Waals surface area (Å²) in [6.07, 6.45) is 1.27. The lowest BCUT2D eigenvalue weighted by Crippen LogP contribution is -2.22. The van der Waals surface area contributed by atoms with Crippen LogP contribution in [0.15, 0.2) is 35.4 Å². The molecule has 1 aromatic heterocycles. The Morgan fingerprint density at radius 1 is 1.50 bits per heavy atom. The normalized spacial score (nSPS) is 10.3. The Morgan fingerprint density at radius 2 is 2.25 bits per heavy atom. The molecular formula is C12H10ClN3O4. The van der Waals surface area contributed by atoms with Crippen LogP contribution >= 0.6 is 11.6 Å². The molecule has 20 heavy (non-hydrogen) atoms. The van der Waals surface area contributed by atoms with E-state index < -0.39 is 10.5 Å². The lowest BCUT2D eigenvalue weighted by Gasteiger charge is -2.08. The smallest absolute Gasteiger partial charge is 0.297 e. The maximum Gasteiger partial charge on any atom is 0.297 e. The van der Waals surface area contributed by atoms with Gasteiger partial charge in [0.2, 0.25) is 5.75 Å². The molecule has 7 nitrogen and oxygen atoms in total. The number of rotatable bonds is 4. The molecule has 104 valence electrons. The van der Waals surface area contributed by atoms with Gasteiger partial charge in [-0.25, -0.2) is 4.98 Å². The van der Waals surface area contributed by atoms with Crippen LogP contribution in [0.2, 0.25) is 5.15 Å². The van der Waals surface area contributed by atoms with E-state index in [2.05, 4.69) is 4.98 Å². The average Bonchev–Trinajstić information content (AvgIpc) is 2.43. The number of nitrogens with zero attached hydrogens (tertiary/aromatic N) is 3. The van der Waals surface area contributed by atoms with Crippen molar-refractivity contribution in [3.05, 3.63) is 61.8 Å². The van der Waals surface area contributed by atoms with E-state index in [1.54, 1.807) is 12.1 Å². The molecule has 1 heterocycles. The maximum absolute atomic E-state index is 12.0. The number of non-ortho nitro benzene ring substituents is 1. The molecule has 0 unspecified atom stereocenters. The number of hydrogen-bond donors (Lipinski definition) is 0. The molecule has 0 spiro atoms. The molecule has 0 aliphatic carbocycles. The summed E-state index contributed by atoms with van der Waals surface area (Å²) in [6, 6.07) is 6.01. The third-order valence-electron chi connectivity index (χ3n) is 2.63. The fraction of sp³-hybridized carbons (Fsp3) is 0.167. The molecular weight excluding hydrogens is 286 g/mol. The average molecular weight is 296 g/mol. The topological polar surface area (TPSA) is 87.3 Å². The van der Waals surface area contributed by atoms with Crippen LogP contribution in [0.5, 0.6) is 5.75 Å². The van der Waals surface area contributed by atoms with Gasteiger partial charge in [0.15, 0.2) is 5.15 Å². The first-order chi connectivity index (χ1) is 9.52. The highest BCUT2D eigenvalue weighted by Crippen LogP contribution is 2.17. The number of halogens is 1. The molecule has 0 aliphatic rings. The third-order valence-corrected chi connectivity index (χ3v) is 2.90. The number of benzene rings is 1. The molecule has 1 aromatic carbocycles. The van der Waals surface area contributed by atoms with Crippen molar-refractivity contribution in [2.45, 2.75) is 6.54 Å². The first-order valence-corrected chi connectivity index (χ1v) is 5.93. The second-order valence-electron chi connectivity index (χ2n) is 3.93. The van der Waals surface area contributed by atoms with Crippen LogP contribution in [0.3, 0.4) is 0 Å². The van der Waals surface area contributed by atoms with Crippen molar-refractivity contribution >= 4 is 17.3 Å². The number of nitro groups is 1. The van der Waals surface area contributed by atoms with Gasteiger partial charge in [-0.1, -0.05) is 23.7 Å². The molecule has 0 amide bonds. The predicted molar refractivity (Wildman–Crippen MR) is 72.3 cm³/mol. The quantitative estimate of drug-likeness (QED) is 0.488. The largest absolute Gasteiger partial charge is 0.489 e. The van der Waals surface area contributed by atoms with Crippen LogP contribution in [-0.4, -0.2) is 21.6 Å². The Morgan fingerprint density at radius 3 is 2.90 bits per heavy atom. The van der Waals surface area contributed by atoms with Gasteiger partial charge in [0.05, 0.1) is 24.9 Å². The van der Waals surface area contributed by atoms with Crippen molar-refractivity contribution in [3.63, 3.8) is 0 Å². The Hall–Kier alpha value is -2.41. The van der Waals surface area contributed by atoms with Gasteiger partial charge in [0.1, 0.15) is 0 Å². The van der Waals surface area contributed by atoms with E-state index in [4.69, 9.17) is 16.3 Å². The minimum Gasteiger partial charge on any atom is -0.489 e. The lowest BCUT2D eigenvalue weighted by molar-refractivity contribution is -0.384. The first kappa shape index (κ1) is 14.0. The Kier molecular flexibility index (Phi) is 3.99. The van der Waals surface area contributed by atoms with E-state index >= 15 is 0 Å². The van der Waals surface area contributed by atoms with Gasteiger partial charge in [-0.2, -0.15) is 0 Å². The fourth-order valence-corrected chi connectivity index (χ4v) is 1.90. The summed E-state index contributed by atoms with van der Waals surface area (Å²) in [6.45, 7) is 0.140. The van der Waals surface area contributed by atoms with Crippen molar-refractivity contribution in [2.24, 2.45) is 0 Å². The van der Waals surface area contributed by atoms with Crippen molar-refractivity contribution in [1.82, 2.24) is 9.55 Å². The predicted octanol–water partition coefficient (Wildman–Crippen LogP) is 1.86. The summed E-state index contributed by atoms with van der Waals surface area (Å²) in [5.41, 5.74) is 0.121. The number of ether oxygens (including phenoxy) is 1. The van der Waals surface area contributed by atoms with Gasteiger partial charge in [-0.3, -0.25) is 19.5 Å². The zero-order chi connectivity index (χ0) is 14.7. The summed E-state index contributed by atoms with van der Waals surface area (Å²) in [5.74, 6) is -0.0559. The number of hydrogen-bond acceptors (Lipinski definition) is 5. The highest BCUT2D eigenvalue weighted by Gasteiger charge is 2.12. The molecule has 2 rings (SSSR count). The standard InChI is InChI=1S/C12H10ClN3O4/c1-20-10-11(13)14-7-15(12(10)17)6-8-3-2-4-9(5-8)16(18)19/h2-5,7H,6H2,1H3. The summed E-state index contributed by atoms with van der Waals surface area (Å²) < 4.78 is 6.15. The third kappa shape index (κ3) is 2.77. The fourth-order valence-electron chi connectivity index (χ4n) is 1.70. The zero-order valence-electron chi connectivity index (χ0n) is 10.4. The molecule has 0 atom stereocenters. The maximum atomic E-state index is 12.0. The molecule has 0 radical (unpaired) electrons. The van der Waals surface area contributed by atoms with E-state index in [-0.39, 0.29) is 23.1 Å². The molecule has 2 aromatic rings. The van der Waals surface area contributed by atoms with Crippen molar-refractivity contribution in [2.75, 3.05) is 7.11 Å². The van der Waals surface area contributed by atoms with E-state index in [9.17, 15) is 14.9 Å². The highest BCUT2D eigenvalue weighted by molar-refractivity contribution is 6.30. The second kappa shape index (κ2) is 5.70. The van der Waals surface area contributed by atoms with Gasteiger partial charge in [-0.15, -0.1) is 0 Å². The molecule has 0 fully saturated rings. The van der Waals surface area contributed by atoms with E-state index in [0.29, 0.717) is 5.56 Å². The summed E-state index contributed by atoms with van der Waals surface area (Å²) in [7, 11) is 1.32. The Labute approximate surface area is 118 Å². The Balaban J connectivity index is 2.38. The van der Waals surface area contributed by atoms with Gasteiger partial charge in [0, 0.05) is 12.1 Å². The summed E-state index contributed by atoms with van der Waals surface area (Å²) in [5, 5.41) is 10.7. The Bertz CT molecular complexity index is 714. The van der Waals surface area contributed by atoms with Crippen LogP contribution in [0.4, 0.5) is 5.69 Å². The van der Waals surface area contributed by atoms with Crippen LogP contribution < -0.4 is 10.3 Å². The van der Waals surface area contributed by atoms with Crippen LogP contribution in [0.1, 0.15) is 5.56 Å². The summed E-state index contributed by atoms with van der Waals surface area (Å²) >= 11 is 5.73. The van der Waals surface area contributed by atoms with Crippen molar-refractivity contribution in [1.29, 1.82) is 0 Å². The van der Waals surface area contributed by atoms with Crippen LogP contribution in [-0.2, 0) is 6.54 Å². The van der Waals surface area contributed by atoms with E-state index in [0.717, 1.165) is 0 Å². The zero-order valence-corrected chi connectivity index (χ0v) is 11.2. The van der Waals surface area contributed by atoms with Crippen LogP contribution in [0.25, 0.3) is 0 Å². The summed E-state index contributed by atoms with van der Waals surface area (Å²) in [4.78, 5) is 26.1. The van der Waals surface area contributed by atoms with Crippen LogP contribution in [0, 0.1) is 10.1 Å². The number of methoxy groups -OCH3 is 1. The molecule has 0 saturated carbocycles. The minimum atomic E-state index is -0.493. The monoisotopic (exact) mass is 295 g/mol. The van der Waals surface area contributed by atoms with Gasteiger partial charge in [-0.05, 0) is 5.56 Å². The van der Waals surface area contributed by atoms with Gasteiger partial charge >= 0.3 is 0 Å². The molecule has 8 heteroatoms. The van der Waals surface area contributed by atoms with E-state index in [1.807, 2.05) is 0 Å². The molecule has 0 N–H and O–H groups in total. The number of aromatic nitrogens is 2. The minimum absolute atomic E-state index is 0.0206. The molecule has 0 bridgehead atoms. The SMILES string of the molecule is COc1c(Cl)ncn(Cc2cccc([N+](=O)[O-])c2)c1=O. The highest BCUT2D eigenvalue weighted by atomic mass is 35.5. The van der Waals surface area contributed by atoms with Crippen molar-refractivity contribution < 1.29 is 9.66 Å². The molecule has 0 aliphatic heterocycles. The lowest BCUT2D eigenvalue weighted by atomic mass is 10.2. The van der Waals surface area contributed by atoms with Crippen molar-refractivity contribution in [3.8, 4) is 5.75 Å². The van der Waals surface area contributed by atoms with Gasteiger partial charge in [0.25, 0.3) is 11.2 Å². The first-order valence-electron chi connectivity index (χ1n) is 5.55. The second-order valence-corrected chi connectivity index (χ2v) is 4.29. The van der Waals surface area contributed by atoms with Gasteiger partial charge < -0.3 is 4.74 Å². The molecule has 0 saturated heterocycles. The van der Waals surface area contributed by atoms with E-state index in [1.165, 1.54) is 30.1 Å².